The molecule has 16 heavy (non-hydrogen) atoms. The van der Waals surface area contributed by atoms with Crippen LogP contribution in [0.2, 0.25) is 0 Å². The molecule has 0 aromatic heterocycles. The molecule has 0 bridgehead atoms. The molecule has 0 aliphatic rings. The van der Waals surface area contributed by atoms with Gasteiger partial charge in [0.25, 0.3) is 0 Å². The van der Waals surface area contributed by atoms with Gasteiger partial charge in [0.15, 0.2) is 11.5 Å². The van der Waals surface area contributed by atoms with E-state index in [2.05, 4.69) is 0 Å². The third kappa shape index (κ3) is 2.24. The van der Waals surface area contributed by atoms with Crippen molar-refractivity contribution in [1.29, 1.82) is 0 Å². The van der Waals surface area contributed by atoms with Gasteiger partial charge in [-0.05, 0) is 12.1 Å². The molecule has 0 unspecified atom stereocenters. The molecule has 0 saturated heterocycles. The van der Waals surface area contributed by atoms with Crippen LogP contribution in [0, 0.1) is 0 Å². The summed E-state index contributed by atoms with van der Waals surface area (Å²) in [7, 11) is -1.95. The minimum atomic E-state index is -4.60. The first-order valence-electron chi connectivity index (χ1n) is 4.17. The smallest absolute Gasteiger partial charge is 0.341 e. The van der Waals surface area contributed by atoms with Crippen LogP contribution in [0.5, 0.6) is 11.5 Å². The highest BCUT2D eigenvalue weighted by atomic mass is 32.2. The molecule has 0 aliphatic heterocycles. The summed E-state index contributed by atoms with van der Waals surface area (Å²) < 4.78 is 56.5. The first-order chi connectivity index (χ1) is 7.43. The van der Waals surface area contributed by atoms with E-state index in [-0.39, 0.29) is 11.5 Å². The van der Waals surface area contributed by atoms with Gasteiger partial charge in [-0.3, -0.25) is 0 Å². The van der Waals surface area contributed by atoms with Crippen molar-refractivity contribution >= 4 is 9.84 Å². The Kier molecular flexibility index (Phi) is 3.69. The zero-order chi connectivity index (χ0) is 12.3. The fourth-order valence-electron chi connectivity index (χ4n) is 1.10. The maximum atomic E-state index is 12.3. The molecule has 7 heteroatoms. The Morgan fingerprint density at radius 2 is 1.69 bits per heavy atom. The molecular weight excluding hydrogens is 242 g/mol. The predicted octanol–water partition coefficient (Wildman–Crippen LogP) is 1.70. The van der Waals surface area contributed by atoms with Crippen molar-refractivity contribution in [2.45, 2.75) is 10.7 Å². The Balaban J connectivity index is 3.29. The lowest BCUT2D eigenvalue weighted by molar-refractivity contribution is 0.234. The minimum Gasteiger partial charge on any atom is -0.493 e. The van der Waals surface area contributed by atoms with E-state index in [9.17, 15) is 17.2 Å². The SMILES string of the molecule is COc1ccc(S(=O)(=O)C(F)F)cc1OC. The van der Waals surface area contributed by atoms with Crippen molar-refractivity contribution in [1.82, 2.24) is 0 Å². The number of sulfone groups is 1. The first kappa shape index (κ1) is 12.7. The van der Waals surface area contributed by atoms with Gasteiger partial charge >= 0.3 is 5.76 Å². The molecule has 1 aromatic rings. The number of methoxy groups -OCH3 is 2. The van der Waals surface area contributed by atoms with Gasteiger partial charge in [0.2, 0.25) is 9.84 Å². The standard InChI is InChI=1S/C9H10F2O4S/c1-14-7-4-3-6(5-8(7)15-2)16(12,13)9(10)11/h3-5,9H,1-2H3. The van der Waals surface area contributed by atoms with E-state index in [4.69, 9.17) is 9.47 Å². The Morgan fingerprint density at radius 1 is 1.12 bits per heavy atom. The number of benzene rings is 1. The lowest BCUT2D eigenvalue weighted by Crippen LogP contribution is -2.11. The Labute approximate surface area is 91.7 Å². The summed E-state index contributed by atoms with van der Waals surface area (Å²) in [5.41, 5.74) is 0. The van der Waals surface area contributed by atoms with E-state index in [0.717, 1.165) is 12.1 Å². The Morgan fingerprint density at radius 3 is 2.12 bits per heavy atom. The lowest BCUT2D eigenvalue weighted by atomic mass is 10.3. The molecule has 0 N–H and O–H groups in total. The van der Waals surface area contributed by atoms with Crippen LogP contribution in [0.1, 0.15) is 0 Å². The van der Waals surface area contributed by atoms with Crippen molar-refractivity contribution in [2.75, 3.05) is 14.2 Å². The van der Waals surface area contributed by atoms with Crippen LogP contribution < -0.4 is 9.47 Å². The maximum absolute atomic E-state index is 12.3. The molecule has 0 saturated carbocycles. The van der Waals surface area contributed by atoms with Gasteiger partial charge in [0.05, 0.1) is 19.1 Å². The summed E-state index contributed by atoms with van der Waals surface area (Å²) in [4.78, 5) is -0.500. The monoisotopic (exact) mass is 252 g/mol. The van der Waals surface area contributed by atoms with Crippen LogP contribution in [0.3, 0.4) is 0 Å². The van der Waals surface area contributed by atoms with Crippen molar-refractivity contribution in [3.63, 3.8) is 0 Å². The topological polar surface area (TPSA) is 52.6 Å². The van der Waals surface area contributed by atoms with Crippen molar-refractivity contribution in [3.05, 3.63) is 18.2 Å². The fourth-order valence-corrected chi connectivity index (χ4v) is 1.83. The molecule has 90 valence electrons. The molecule has 0 atom stereocenters. The average molecular weight is 252 g/mol. The molecule has 0 radical (unpaired) electrons. The summed E-state index contributed by atoms with van der Waals surface area (Å²) in [5, 5.41) is 0. The number of halogens is 2. The summed E-state index contributed by atoms with van der Waals surface area (Å²) in [5.74, 6) is -3.09. The zero-order valence-corrected chi connectivity index (χ0v) is 9.42. The van der Waals surface area contributed by atoms with Gasteiger partial charge in [-0.25, -0.2) is 8.42 Å². The third-order valence-corrected chi connectivity index (χ3v) is 3.30. The summed E-state index contributed by atoms with van der Waals surface area (Å²) in [6.07, 6.45) is 0. The molecule has 1 rings (SSSR count). The van der Waals surface area contributed by atoms with E-state index in [1.54, 1.807) is 0 Å². The number of hydrogen-bond acceptors (Lipinski definition) is 4. The van der Waals surface area contributed by atoms with Gasteiger partial charge in [0.1, 0.15) is 0 Å². The zero-order valence-electron chi connectivity index (χ0n) is 8.61. The predicted molar refractivity (Wildman–Crippen MR) is 52.7 cm³/mol. The van der Waals surface area contributed by atoms with Crippen LogP contribution >= 0.6 is 0 Å². The summed E-state index contributed by atoms with van der Waals surface area (Å²) in [6.45, 7) is 0. The third-order valence-electron chi connectivity index (χ3n) is 1.92. The van der Waals surface area contributed by atoms with E-state index in [0.29, 0.717) is 0 Å². The van der Waals surface area contributed by atoms with Gasteiger partial charge in [-0.1, -0.05) is 0 Å². The second-order valence-corrected chi connectivity index (χ2v) is 4.74. The van der Waals surface area contributed by atoms with E-state index in [1.165, 1.54) is 20.3 Å². The lowest BCUT2D eigenvalue weighted by Gasteiger charge is -2.09. The normalized spacial score (nSPS) is 11.6. The molecule has 0 aliphatic carbocycles. The molecule has 0 fully saturated rings. The number of alkyl halides is 2. The second-order valence-electron chi connectivity index (χ2n) is 2.82. The molecule has 0 amide bonds. The van der Waals surface area contributed by atoms with Crippen molar-refractivity contribution in [2.24, 2.45) is 0 Å². The number of ether oxygens (including phenoxy) is 2. The second kappa shape index (κ2) is 4.65. The quantitative estimate of drug-likeness (QED) is 0.818. The number of rotatable bonds is 4. The van der Waals surface area contributed by atoms with Crippen molar-refractivity contribution < 1.29 is 26.7 Å². The molecule has 0 heterocycles. The minimum absolute atomic E-state index is 0.0872. The van der Waals surface area contributed by atoms with Crippen LogP contribution in [-0.4, -0.2) is 28.4 Å². The molecular formula is C9H10F2O4S. The van der Waals surface area contributed by atoms with Crippen molar-refractivity contribution in [3.8, 4) is 11.5 Å². The molecule has 0 spiro atoms. The molecule has 4 nitrogen and oxygen atoms in total. The van der Waals surface area contributed by atoms with E-state index < -0.39 is 20.5 Å². The Bertz CT molecular complexity index is 470. The highest BCUT2D eigenvalue weighted by Gasteiger charge is 2.27. The fraction of sp³-hybridized carbons (Fsp3) is 0.333. The Hall–Kier alpha value is -1.37. The maximum Gasteiger partial charge on any atom is 0.341 e. The van der Waals surface area contributed by atoms with Gasteiger partial charge in [-0.2, -0.15) is 8.78 Å². The summed E-state index contributed by atoms with van der Waals surface area (Å²) >= 11 is 0. The largest absolute Gasteiger partial charge is 0.493 e. The van der Waals surface area contributed by atoms with Gasteiger partial charge in [0, 0.05) is 6.07 Å². The highest BCUT2D eigenvalue weighted by Crippen LogP contribution is 2.31. The van der Waals surface area contributed by atoms with Crippen LogP contribution in [0.25, 0.3) is 0 Å². The van der Waals surface area contributed by atoms with Gasteiger partial charge < -0.3 is 9.47 Å². The number of hydrogen-bond donors (Lipinski definition) is 0. The van der Waals surface area contributed by atoms with E-state index >= 15 is 0 Å². The van der Waals surface area contributed by atoms with E-state index in [1.807, 2.05) is 0 Å². The van der Waals surface area contributed by atoms with Crippen LogP contribution in [0.15, 0.2) is 23.1 Å². The van der Waals surface area contributed by atoms with Gasteiger partial charge in [-0.15, -0.1) is 0 Å². The molecule has 1 aromatic carbocycles. The van der Waals surface area contributed by atoms with Crippen LogP contribution in [-0.2, 0) is 9.84 Å². The summed E-state index contributed by atoms with van der Waals surface area (Å²) in [6, 6.07) is 3.30. The highest BCUT2D eigenvalue weighted by molar-refractivity contribution is 7.91. The average Bonchev–Trinajstić information content (AvgIpc) is 2.27. The first-order valence-corrected chi connectivity index (χ1v) is 5.72. The van der Waals surface area contributed by atoms with Crippen LogP contribution in [0.4, 0.5) is 8.78 Å².